The summed E-state index contributed by atoms with van der Waals surface area (Å²) in [4.78, 5) is 11.8. The van der Waals surface area contributed by atoms with Gasteiger partial charge in [-0.05, 0) is 45.4 Å². The molecule has 18 heavy (non-hydrogen) atoms. The molecule has 0 N–H and O–H groups in total. The van der Waals surface area contributed by atoms with Crippen molar-refractivity contribution in [2.75, 3.05) is 0 Å². The van der Waals surface area contributed by atoms with Crippen LogP contribution in [0.25, 0.3) is 0 Å². The van der Waals surface area contributed by atoms with E-state index in [2.05, 4.69) is 0 Å². The van der Waals surface area contributed by atoms with Gasteiger partial charge in [-0.2, -0.15) is 0 Å². The lowest BCUT2D eigenvalue weighted by atomic mass is 10.2. The molecule has 0 aliphatic rings. The fraction of sp³-hybridized carbons (Fsp3) is 0.500. The largest absolute Gasteiger partial charge is 0.459 e. The summed E-state index contributed by atoms with van der Waals surface area (Å²) in [5.74, 6) is 0.610. The van der Waals surface area contributed by atoms with Gasteiger partial charge in [-0.3, -0.25) is 4.79 Å². The Labute approximate surface area is 118 Å². The van der Waals surface area contributed by atoms with Gasteiger partial charge in [0.25, 0.3) is 0 Å². The maximum absolute atomic E-state index is 11.8. The van der Waals surface area contributed by atoms with Crippen LogP contribution < -0.4 is 0 Å². The molecule has 0 aliphatic carbocycles. The van der Waals surface area contributed by atoms with Crippen molar-refractivity contribution in [2.24, 2.45) is 0 Å². The second-order valence-corrected chi connectivity index (χ2v) is 6.88. The number of halogens is 1. The van der Waals surface area contributed by atoms with Crippen LogP contribution in [-0.4, -0.2) is 16.8 Å². The van der Waals surface area contributed by atoms with E-state index in [0.717, 1.165) is 16.3 Å². The fourth-order valence-electron chi connectivity index (χ4n) is 1.25. The predicted molar refractivity (Wildman–Crippen MR) is 78.1 cm³/mol. The average Bonchev–Trinajstić information content (AvgIpc) is 2.25. The highest BCUT2D eigenvalue weighted by molar-refractivity contribution is 7.99. The van der Waals surface area contributed by atoms with E-state index in [1.54, 1.807) is 11.8 Å². The maximum Gasteiger partial charge on any atom is 0.319 e. The minimum absolute atomic E-state index is 0.165. The van der Waals surface area contributed by atoms with E-state index < -0.39 is 5.60 Å². The second-order valence-electron chi connectivity index (χ2n) is 5.11. The molecule has 0 heterocycles. The molecular weight excluding hydrogens is 268 g/mol. The summed E-state index contributed by atoms with van der Waals surface area (Å²) in [6.45, 7) is 7.50. The van der Waals surface area contributed by atoms with E-state index in [-0.39, 0.29) is 11.2 Å². The summed E-state index contributed by atoms with van der Waals surface area (Å²) in [5, 5.41) is 0.559. The predicted octanol–water partition coefficient (Wildman–Crippen LogP) is 4.30. The number of hydrogen-bond donors (Lipinski definition) is 0. The Morgan fingerprint density at radius 2 is 1.89 bits per heavy atom. The minimum atomic E-state index is -0.424. The van der Waals surface area contributed by atoms with E-state index in [0.29, 0.717) is 0 Å². The highest BCUT2D eigenvalue weighted by atomic mass is 35.5. The Balaban J connectivity index is 2.43. The third-order valence-corrected chi connectivity index (χ3v) is 3.60. The number of thioether (sulfide) groups is 1. The summed E-state index contributed by atoms with van der Waals surface area (Å²) in [6, 6.07) is 7.65. The molecule has 0 saturated carbocycles. The van der Waals surface area contributed by atoms with Gasteiger partial charge in [0.2, 0.25) is 0 Å². The first-order valence-corrected chi connectivity index (χ1v) is 7.29. The van der Waals surface area contributed by atoms with Gasteiger partial charge in [-0.25, -0.2) is 0 Å². The van der Waals surface area contributed by atoms with Gasteiger partial charge in [0, 0.05) is 10.8 Å². The molecular formula is C14H19ClO2S. The van der Waals surface area contributed by atoms with E-state index in [1.807, 2.05) is 52.0 Å². The Morgan fingerprint density at radius 1 is 1.33 bits per heavy atom. The quantitative estimate of drug-likeness (QED) is 0.772. The van der Waals surface area contributed by atoms with E-state index in [4.69, 9.17) is 16.3 Å². The van der Waals surface area contributed by atoms with Crippen molar-refractivity contribution >= 4 is 29.3 Å². The normalized spacial score (nSPS) is 13.2. The van der Waals surface area contributed by atoms with Crippen molar-refractivity contribution in [3.05, 3.63) is 34.9 Å². The monoisotopic (exact) mass is 286 g/mol. The number of esters is 1. The standard InChI is InChI=1S/C14H19ClO2S/c1-10(13(16)17-14(2,3)4)18-9-11-5-7-12(15)8-6-11/h5-8,10H,9H2,1-4H3. The van der Waals surface area contributed by atoms with E-state index in [1.165, 1.54) is 0 Å². The van der Waals surface area contributed by atoms with Gasteiger partial charge in [-0.15, -0.1) is 11.8 Å². The molecule has 0 bridgehead atoms. The van der Waals surface area contributed by atoms with Crippen LogP contribution in [0.4, 0.5) is 0 Å². The molecule has 1 unspecified atom stereocenters. The summed E-state index contributed by atoms with van der Waals surface area (Å²) >= 11 is 7.38. The lowest BCUT2D eigenvalue weighted by Gasteiger charge is -2.22. The minimum Gasteiger partial charge on any atom is -0.459 e. The van der Waals surface area contributed by atoms with Crippen molar-refractivity contribution in [1.29, 1.82) is 0 Å². The molecule has 0 saturated heterocycles. The Morgan fingerprint density at radius 3 is 2.39 bits per heavy atom. The van der Waals surface area contributed by atoms with Gasteiger partial charge in [0.05, 0.1) is 5.25 Å². The van der Waals surface area contributed by atoms with Gasteiger partial charge in [0.15, 0.2) is 0 Å². The smallest absolute Gasteiger partial charge is 0.319 e. The van der Waals surface area contributed by atoms with Crippen molar-refractivity contribution in [3.63, 3.8) is 0 Å². The topological polar surface area (TPSA) is 26.3 Å². The van der Waals surface area contributed by atoms with E-state index >= 15 is 0 Å². The summed E-state index contributed by atoms with van der Waals surface area (Å²) in [7, 11) is 0. The lowest BCUT2D eigenvalue weighted by molar-refractivity contribution is -0.153. The summed E-state index contributed by atoms with van der Waals surface area (Å²) in [5.41, 5.74) is 0.728. The first kappa shape index (κ1) is 15.4. The van der Waals surface area contributed by atoms with Crippen LogP contribution in [0.5, 0.6) is 0 Å². The molecule has 1 rings (SSSR count). The van der Waals surface area contributed by atoms with Gasteiger partial charge in [-0.1, -0.05) is 23.7 Å². The Bertz CT molecular complexity index is 395. The molecule has 4 heteroatoms. The summed E-state index contributed by atoms with van der Waals surface area (Å²) < 4.78 is 5.33. The average molecular weight is 287 g/mol. The SMILES string of the molecule is CC(SCc1ccc(Cl)cc1)C(=O)OC(C)(C)C. The number of hydrogen-bond acceptors (Lipinski definition) is 3. The number of carbonyl (C=O) groups excluding carboxylic acids is 1. The van der Waals surface area contributed by atoms with Crippen molar-refractivity contribution in [3.8, 4) is 0 Å². The van der Waals surface area contributed by atoms with Crippen LogP contribution in [0.2, 0.25) is 5.02 Å². The number of ether oxygens (including phenoxy) is 1. The first-order valence-electron chi connectivity index (χ1n) is 5.87. The number of rotatable bonds is 4. The number of benzene rings is 1. The van der Waals surface area contributed by atoms with Crippen LogP contribution in [-0.2, 0) is 15.3 Å². The highest BCUT2D eigenvalue weighted by Gasteiger charge is 2.21. The Hall–Kier alpha value is -0.670. The molecule has 1 aromatic carbocycles. The van der Waals surface area contributed by atoms with Crippen LogP contribution >= 0.6 is 23.4 Å². The van der Waals surface area contributed by atoms with Crippen LogP contribution in [0.1, 0.15) is 33.3 Å². The fourth-order valence-corrected chi connectivity index (χ4v) is 2.20. The van der Waals surface area contributed by atoms with Crippen LogP contribution in [0.3, 0.4) is 0 Å². The zero-order valence-corrected chi connectivity index (χ0v) is 12.8. The number of carbonyl (C=O) groups is 1. The van der Waals surface area contributed by atoms with Crippen LogP contribution in [0.15, 0.2) is 24.3 Å². The highest BCUT2D eigenvalue weighted by Crippen LogP contribution is 2.21. The molecule has 1 atom stereocenters. The molecule has 0 fully saturated rings. The van der Waals surface area contributed by atoms with Gasteiger partial charge < -0.3 is 4.74 Å². The van der Waals surface area contributed by atoms with Crippen molar-refractivity contribution < 1.29 is 9.53 Å². The molecule has 0 aromatic heterocycles. The maximum atomic E-state index is 11.8. The summed E-state index contributed by atoms with van der Waals surface area (Å²) in [6.07, 6.45) is 0. The van der Waals surface area contributed by atoms with Gasteiger partial charge in [0.1, 0.15) is 5.60 Å². The first-order chi connectivity index (χ1) is 8.28. The molecule has 0 aliphatic heterocycles. The molecule has 0 amide bonds. The molecule has 1 aromatic rings. The molecule has 0 spiro atoms. The van der Waals surface area contributed by atoms with Crippen molar-refractivity contribution in [1.82, 2.24) is 0 Å². The third-order valence-electron chi connectivity index (χ3n) is 2.15. The zero-order valence-electron chi connectivity index (χ0n) is 11.2. The van der Waals surface area contributed by atoms with Gasteiger partial charge >= 0.3 is 5.97 Å². The second kappa shape index (κ2) is 6.48. The molecule has 100 valence electrons. The molecule has 0 radical (unpaired) electrons. The Kier molecular flexibility index (Phi) is 5.54. The molecule has 2 nitrogen and oxygen atoms in total. The van der Waals surface area contributed by atoms with Crippen LogP contribution in [0, 0.1) is 0 Å². The zero-order chi connectivity index (χ0) is 13.8. The third kappa shape index (κ3) is 5.78. The van der Waals surface area contributed by atoms with E-state index in [9.17, 15) is 4.79 Å². The van der Waals surface area contributed by atoms with Crippen molar-refractivity contribution in [2.45, 2.75) is 44.3 Å². The lowest BCUT2D eigenvalue weighted by Crippen LogP contribution is -2.28.